The number of hydrogen-bond acceptors (Lipinski definition) is 11. The monoisotopic (exact) mass is 503 g/mol. The molecule has 14 atom stereocenters. The normalized spacial score (nSPS) is 58.0. The van der Waals surface area contributed by atoms with Crippen LogP contribution in [0, 0.1) is 16.7 Å². The zero-order valence-electron chi connectivity index (χ0n) is 20.4. The summed E-state index contributed by atoms with van der Waals surface area (Å²) in [7, 11) is 0. The fraction of sp³-hybridized carbons (Fsp3) is 1.00. The molecule has 0 spiro atoms. The van der Waals surface area contributed by atoms with Gasteiger partial charge >= 0.3 is 0 Å². The quantitative estimate of drug-likeness (QED) is 0.200. The van der Waals surface area contributed by atoms with Crippen molar-refractivity contribution in [1.82, 2.24) is 5.32 Å². The van der Waals surface area contributed by atoms with Crippen molar-refractivity contribution in [3.63, 3.8) is 0 Å². The lowest BCUT2D eigenvalue weighted by molar-refractivity contribution is -0.344. The van der Waals surface area contributed by atoms with Crippen molar-refractivity contribution in [3.05, 3.63) is 0 Å². The van der Waals surface area contributed by atoms with E-state index < -0.39 is 74.6 Å². The number of hydrogen-bond donors (Lipinski definition) is 8. The summed E-state index contributed by atoms with van der Waals surface area (Å²) >= 11 is 0. The van der Waals surface area contributed by atoms with E-state index in [1.54, 1.807) is 0 Å². The van der Waals surface area contributed by atoms with Gasteiger partial charge < -0.3 is 50.0 Å². The van der Waals surface area contributed by atoms with Crippen molar-refractivity contribution in [3.8, 4) is 0 Å². The van der Waals surface area contributed by atoms with Crippen LogP contribution in [0.15, 0.2) is 0 Å². The van der Waals surface area contributed by atoms with Gasteiger partial charge in [-0.25, -0.2) is 0 Å². The van der Waals surface area contributed by atoms with Crippen LogP contribution in [0.4, 0.5) is 0 Å². The molecule has 0 aromatic carbocycles. The number of ether oxygens (including phenoxy) is 3. The van der Waals surface area contributed by atoms with Crippen LogP contribution in [0.1, 0.15) is 52.4 Å². The summed E-state index contributed by atoms with van der Waals surface area (Å²) < 4.78 is 17.1. The molecular formula is C24H41NO10. The summed E-state index contributed by atoms with van der Waals surface area (Å²) in [5.74, 6) is 0.607. The van der Waals surface area contributed by atoms with E-state index in [2.05, 4.69) is 19.2 Å². The number of rotatable bonds is 6. The van der Waals surface area contributed by atoms with E-state index in [-0.39, 0.29) is 16.4 Å². The van der Waals surface area contributed by atoms with E-state index in [0.29, 0.717) is 5.92 Å². The predicted octanol–water partition coefficient (Wildman–Crippen LogP) is -2.05. The van der Waals surface area contributed by atoms with Gasteiger partial charge in [0.25, 0.3) is 0 Å². The number of nitrogens with one attached hydrogen (secondary N) is 1. The maximum absolute atomic E-state index is 11.0. The van der Waals surface area contributed by atoms with E-state index in [9.17, 15) is 35.7 Å². The number of aliphatic hydroxyl groups is 7. The average Bonchev–Trinajstić information content (AvgIpc) is 2.76. The summed E-state index contributed by atoms with van der Waals surface area (Å²) in [6, 6.07) is 0. The predicted molar refractivity (Wildman–Crippen MR) is 120 cm³/mol. The molecule has 2 saturated heterocycles. The Kier molecular flexibility index (Phi) is 6.80. The summed E-state index contributed by atoms with van der Waals surface area (Å²) in [5, 5.41) is 75.3. The van der Waals surface area contributed by atoms with Gasteiger partial charge in [0.05, 0.1) is 13.2 Å². The molecule has 6 fully saturated rings. The minimum Gasteiger partial charge on any atom is -0.394 e. The molecule has 0 aromatic heterocycles. The fourth-order valence-electron chi connectivity index (χ4n) is 8.62. The van der Waals surface area contributed by atoms with Gasteiger partial charge in [-0.05, 0) is 55.3 Å². The molecule has 2 aliphatic heterocycles. The molecule has 11 nitrogen and oxygen atoms in total. The molecule has 2 heterocycles. The van der Waals surface area contributed by atoms with Gasteiger partial charge in [0, 0.05) is 5.54 Å². The van der Waals surface area contributed by atoms with Crippen LogP contribution < -0.4 is 5.32 Å². The first-order valence-corrected chi connectivity index (χ1v) is 12.8. The van der Waals surface area contributed by atoms with E-state index in [1.165, 1.54) is 19.3 Å². The highest BCUT2D eigenvalue weighted by molar-refractivity contribution is 5.15. The molecule has 202 valence electrons. The van der Waals surface area contributed by atoms with Crippen molar-refractivity contribution in [1.29, 1.82) is 0 Å². The topological polar surface area (TPSA) is 181 Å². The lowest BCUT2D eigenvalue weighted by atomic mass is 9.42. The Morgan fingerprint density at radius 2 is 1.37 bits per heavy atom. The molecule has 0 amide bonds. The molecule has 0 aromatic rings. The second kappa shape index (κ2) is 9.09. The Bertz CT molecular complexity index is 763. The summed E-state index contributed by atoms with van der Waals surface area (Å²) in [6.07, 6.45) is -7.26. The van der Waals surface area contributed by atoms with E-state index in [0.717, 1.165) is 19.3 Å². The Morgan fingerprint density at radius 1 is 0.743 bits per heavy atom. The van der Waals surface area contributed by atoms with E-state index >= 15 is 0 Å². The van der Waals surface area contributed by atoms with Crippen molar-refractivity contribution in [2.75, 3.05) is 13.2 Å². The lowest BCUT2D eigenvalue weighted by Crippen LogP contribution is -2.71. The van der Waals surface area contributed by atoms with E-state index in [1.807, 2.05) is 0 Å². The maximum Gasteiger partial charge on any atom is 0.187 e. The SMILES string of the molecule is C[C@]12CC3CC(N[C@@H]4O[C@@H](CO)[C@@H](O[C@@H]5O[C@@H](CO)[C@H](O)[C@H](O)[C@H]5O)[C@H](O)[C@H]4O)(C1)C[C@@](C)(C3)C2. The molecule has 4 bridgehead atoms. The molecule has 2 unspecified atom stereocenters. The second-order valence-electron chi connectivity index (χ2n) is 12.6. The van der Waals surface area contributed by atoms with Crippen LogP contribution in [0.25, 0.3) is 0 Å². The molecule has 8 N–H and O–H groups in total. The third-order valence-corrected chi connectivity index (χ3v) is 9.08. The largest absolute Gasteiger partial charge is 0.394 e. The van der Waals surface area contributed by atoms with Gasteiger partial charge in [0.2, 0.25) is 0 Å². The third-order valence-electron chi connectivity index (χ3n) is 9.08. The molecule has 6 aliphatic rings. The minimum atomic E-state index is -1.68. The first kappa shape index (κ1) is 26.2. The van der Waals surface area contributed by atoms with Gasteiger partial charge in [0.1, 0.15) is 55.1 Å². The minimum absolute atomic E-state index is 0.223. The highest BCUT2D eigenvalue weighted by atomic mass is 16.7. The van der Waals surface area contributed by atoms with Crippen LogP contribution in [0.3, 0.4) is 0 Å². The Morgan fingerprint density at radius 3 is 1.94 bits per heavy atom. The average molecular weight is 504 g/mol. The summed E-state index contributed by atoms with van der Waals surface area (Å²) in [6.45, 7) is 3.50. The van der Waals surface area contributed by atoms with Gasteiger partial charge in [0.15, 0.2) is 6.29 Å². The second-order valence-corrected chi connectivity index (χ2v) is 12.6. The molecule has 4 saturated carbocycles. The number of aliphatic hydroxyl groups excluding tert-OH is 7. The first-order chi connectivity index (χ1) is 16.4. The molecule has 0 radical (unpaired) electrons. The summed E-state index contributed by atoms with van der Waals surface area (Å²) in [5.41, 5.74) is 0.230. The van der Waals surface area contributed by atoms with Crippen molar-refractivity contribution in [2.45, 2.75) is 119 Å². The van der Waals surface area contributed by atoms with Crippen LogP contribution >= 0.6 is 0 Å². The maximum atomic E-state index is 11.0. The van der Waals surface area contributed by atoms with Gasteiger partial charge in [-0.3, -0.25) is 5.32 Å². The smallest absolute Gasteiger partial charge is 0.187 e. The molecule has 35 heavy (non-hydrogen) atoms. The molecular weight excluding hydrogens is 462 g/mol. The molecule has 11 heteroatoms. The summed E-state index contributed by atoms with van der Waals surface area (Å²) in [4.78, 5) is 0. The zero-order valence-corrected chi connectivity index (χ0v) is 20.4. The standard InChI is InChI=1S/C24H41NO10/c1-22-3-11-4-23(2,8-22)10-24(5-11,9-22)25-20-17(31)16(30)19(13(7-27)33-20)35-21-18(32)15(29)14(28)12(6-26)34-21/h11-21,25-32H,3-10H2,1-2H3/t11?,12-,13-,14-,15-,16+,17+,18+,19+,20+,21-,22-,23+,24?/m0/s1. The van der Waals surface area contributed by atoms with E-state index in [4.69, 9.17) is 14.2 Å². The zero-order chi connectivity index (χ0) is 25.3. The third kappa shape index (κ3) is 4.57. The first-order valence-electron chi connectivity index (χ1n) is 12.8. The Labute approximate surface area is 205 Å². The Hall–Kier alpha value is -0.440. The van der Waals surface area contributed by atoms with Crippen molar-refractivity contribution >= 4 is 0 Å². The fourth-order valence-corrected chi connectivity index (χ4v) is 8.62. The van der Waals surface area contributed by atoms with Crippen LogP contribution in [-0.4, -0.2) is 116 Å². The van der Waals surface area contributed by atoms with Crippen LogP contribution in [0.2, 0.25) is 0 Å². The Balaban J connectivity index is 1.30. The highest BCUT2D eigenvalue weighted by Crippen LogP contribution is 2.66. The van der Waals surface area contributed by atoms with Crippen LogP contribution in [0.5, 0.6) is 0 Å². The van der Waals surface area contributed by atoms with Gasteiger partial charge in [-0.1, -0.05) is 13.8 Å². The van der Waals surface area contributed by atoms with Crippen molar-refractivity contribution in [2.24, 2.45) is 16.7 Å². The molecule has 4 aliphatic carbocycles. The van der Waals surface area contributed by atoms with Crippen molar-refractivity contribution < 1.29 is 50.0 Å². The highest BCUT2D eigenvalue weighted by Gasteiger charge is 2.61. The molecule has 6 rings (SSSR count). The van der Waals surface area contributed by atoms with Gasteiger partial charge in [-0.15, -0.1) is 0 Å². The lowest BCUT2D eigenvalue weighted by Gasteiger charge is -2.66. The van der Waals surface area contributed by atoms with Crippen LogP contribution in [-0.2, 0) is 14.2 Å². The van der Waals surface area contributed by atoms with Gasteiger partial charge in [-0.2, -0.15) is 0 Å².